The van der Waals surface area contributed by atoms with Gasteiger partial charge in [-0.3, -0.25) is 9.59 Å². The number of phenols is 1. The van der Waals surface area contributed by atoms with Gasteiger partial charge in [-0.25, -0.2) is 4.79 Å². The molecule has 3 heterocycles. The number of carbonyl (C=O) groups excluding carboxylic acids is 1. The van der Waals surface area contributed by atoms with E-state index in [9.17, 15) is 24.9 Å². The SMILES string of the molecule is CN(CCCOc1ccc(CCCC[C@H](O)c2ccc(O)c3[nH]c(=O)ccc23)cc1)C1CCC(OC(=O)C(O)(c2cccs2)c2cccs2)CC1.O=CO. The number of rotatable bonds is 16. The maximum atomic E-state index is 13.3. The van der Waals surface area contributed by atoms with Crippen molar-refractivity contribution in [2.75, 3.05) is 20.2 Å². The molecule has 11 nitrogen and oxygen atoms in total. The maximum absolute atomic E-state index is 13.3. The number of thiophene rings is 2. The topological polar surface area (TPSA) is 170 Å². The zero-order valence-corrected chi connectivity index (χ0v) is 31.9. The predicted octanol–water partition coefficient (Wildman–Crippen LogP) is 7.00. The molecule has 1 fully saturated rings. The summed E-state index contributed by atoms with van der Waals surface area (Å²) in [6.45, 7) is 1.28. The van der Waals surface area contributed by atoms with Gasteiger partial charge in [-0.2, -0.15) is 0 Å². The summed E-state index contributed by atoms with van der Waals surface area (Å²) in [6.07, 6.45) is 6.66. The minimum atomic E-state index is -1.76. The number of aromatic nitrogens is 1. The molecule has 1 aliphatic carbocycles. The summed E-state index contributed by atoms with van der Waals surface area (Å²) in [4.78, 5) is 39.5. The second-order valence-electron chi connectivity index (χ2n) is 13.5. The molecule has 288 valence electrons. The number of carboxylic acid groups (broad SMARTS) is 1. The number of aliphatic hydroxyl groups excluding tert-OH is 1. The lowest BCUT2D eigenvalue weighted by Gasteiger charge is -2.35. The van der Waals surface area contributed by atoms with E-state index in [1.807, 2.05) is 35.0 Å². The molecule has 2 aromatic carbocycles. The average molecular weight is 777 g/mol. The fourth-order valence-corrected chi connectivity index (χ4v) is 8.66. The van der Waals surface area contributed by atoms with Crippen molar-refractivity contribution in [2.24, 2.45) is 0 Å². The number of hydrogen-bond acceptors (Lipinski definition) is 11. The summed E-state index contributed by atoms with van der Waals surface area (Å²) in [6, 6.07) is 22.1. The minimum absolute atomic E-state index is 0.00856. The highest BCUT2D eigenvalue weighted by atomic mass is 32.1. The van der Waals surface area contributed by atoms with Gasteiger partial charge in [0, 0.05) is 24.0 Å². The standard InChI is InChI=1S/C40H46N2O7S2.CH2O2/c1-42(28-13-17-30(18-14-28)49-39(46)40(47,35-9-4-25-50-35)36-10-5-26-51-36)23-6-24-48-29-15-11-27(12-16-29)7-2-3-8-33(43)31-19-21-34(44)38-32(31)20-22-37(45)41-38;2-1-3/h4-5,9-12,15-16,19-22,25-26,28,30,33,43-44,47H,2-3,6-8,13-14,17-18,23-24H2,1H3,(H,41,45);1H,(H,2,3)/t28?,30?,33-;/m0./s1. The fourth-order valence-electron chi connectivity index (χ4n) is 6.94. The molecular weight excluding hydrogens is 729 g/mol. The molecule has 0 spiro atoms. The van der Waals surface area contributed by atoms with Gasteiger partial charge in [0.15, 0.2) is 0 Å². The Kier molecular flexibility index (Phi) is 14.8. The quantitative estimate of drug-likeness (QED) is 0.0400. The number of H-pyrrole nitrogens is 1. The molecule has 0 radical (unpaired) electrons. The summed E-state index contributed by atoms with van der Waals surface area (Å²) in [5, 5.41) is 43.7. The highest BCUT2D eigenvalue weighted by Crippen LogP contribution is 2.38. The third-order valence-electron chi connectivity index (χ3n) is 9.90. The number of esters is 1. The van der Waals surface area contributed by atoms with Crippen molar-refractivity contribution in [3.63, 3.8) is 0 Å². The molecule has 0 aliphatic heterocycles. The molecule has 5 aromatic rings. The molecule has 0 bridgehead atoms. The van der Waals surface area contributed by atoms with Crippen molar-refractivity contribution in [3.8, 4) is 11.5 Å². The van der Waals surface area contributed by atoms with Gasteiger partial charge in [-0.05, 0) is 117 Å². The number of aliphatic hydroxyl groups is 2. The van der Waals surface area contributed by atoms with Gasteiger partial charge >= 0.3 is 5.97 Å². The van der Waals surface area contributed by atoms with E-state index in [1.165, 1.54) is 40.4 Å². The maximum Gasteiger partial charge on any atom is 0.349 e. The highest BCUT2D eigenvalue weighted by Gasteiger charge is 2.45. The van der Waals surface area contributed by atoms with Gasteiger partial charge in [0.25, 0.3) is 6.47 Å². The second kappa shape index (κ2) is 19.7. The van der Waals surface area contributed by atoms with Crippen molar-refractivity contribution in [1.82, 2.24) is 9.88 Å². The first kappa shape index (κ1) is 40.7. The van der Waals surface area contributed by atoms with E-state index in [4.69, 9.17) is 19.4 Å². The van der Waals surface area contributed by atoms with E-state index in [-0.39, 0.29) is 23.9 Å². The van der Waals surface area contributed by atoms with E-state index in [1.54, 1.807) is 24.3 Å². The van der Waals surface area contributed by atoms with Crippen LogP contribution in [0.5, 0.6) is 11.5 Å². The molecule has 54 heavy (non-hydrogen) atoms. The Balaban J connectivity index is 0.00000181. The molecule has 5 N–H and O–H groups in total. The lowest BCUT2D eigenvalue weighted by atomic mass is 9.91. The number of aryl methyl sites for hydroxylation is 1. The zero-order chi connectivity index (χ0) is 38.5. The first-order valence-corrected chi connectivity index (χ1v) is 19.9. The number of aromatic hydroxyl groups is 1. The van der Waals surface area contributed by atoms with E-state index >= 15 is 0 Å². The van der Waals surface area contributed by atoms with Gasteiger partial charge in [-0.1, -0.05) is 36.8 Å². The van der Waals surface area contributed by atoms with Gasteiger partial charge < -0.3 is 39.8 Å². The van der Waals surface area contributed by atoms with Crippen LogP contribution in [0, 0.1) is 0 Å². The van der Waals surface area contributed by atoms with Crippen LogP contribution in [0.3, 0.4) is 0 Å². The third kappa shape index (κ3) is 10.4. The molecule has 1 saturated carbocycles. The van der Waals surface area contributed by atoms with Crippen LogP contribution in [0.1, 0.15) is 78.4 Å². The minimum Gasteiger partial charge on any atom is -0.506 e. The molecule has 1 atom stereocenters. The summed E-state index contributed by atoms with van der Waals surface area (Å²) in [5.41, 5.74) is 0.209. The van der Waals surface area contributed by atoms with Crippen molar-refractivity contribution in [1.29, 1.82) is 0 Å². The number of benzene rings is 2. The molecule has 6 rings (SSSR count). The number of hydrogen-bond donors (Lipinski definition) is 5. The molecule has 0 amide bonds. The van der Waals surface area contributed by atoms with Gasteiger partial charge in [0.1, 0.15) is 17.6 Å². The first-order chi connectivity index (χ1) is 26.1. The number of aromatic amines is 1. The molecule has 13 heteroatoms. The Hall–Kier alpha value is -4.53. The Bertz CT molecular complexity index is 1920. The van der Waals surface area contributed by atoms with Crippen LogP contribution in [0.4, 0.5) is 0 Å². The third-order valence-corrected chi connectivity index (χ3v) is 11.9. The van der Waals surface area contributed by atoms with Gasteiger partial charge in [0.2, 0.25) is 11.2 Å². The van der Waals surface area contributed by atoms with Crippen molar-refractivity contribution >= 4 is 46.0 Å². The second-order valence-corrected chi connectivity index (χ2v) is 15.4. The van der Waals surface area contributed by atoms with Crippen LogP contribution in [-0.4, -0.2) is 75.1 Å². The lowest BCUT2D eigenvalue weighted by molar-refractivity contribution is -0.169. The first-order valence-electron chi connectivity index (χ1n) is 18.2. The van der Waals surface area contributed by atoms with Crippen molar-refractivity contribution in [2.45, 2.75) is 81.6 Å². The Morgan fingerprint density at radius 2 is 1.63 bits per heavy atom. The molecule has 0 unspecified atom stereocenters. The number of carbonyl (C=O) groups is 2. The summed E-state index contributed by atoms with van der Waals surface area (Å²) >= 11 is 2.71. The van der Waals surface area contributed by atoms with Crippen LogP contribution in [0.15, 0.2) is 88.4 Å². The fraction of sp³-hybridized carbons (Fsp3) is 0.390. The molecule has 0 saturated heterocycles. The number of nitrogens with one attached hydrogen (secondary N) is 1. The molecular formula is C41H48N2O9S2. The van der Waals surface area contributed by atoms with Crippen LogP contribution < -0.4 is 10.3 Å². The van der Waals surface area contributed by atoms with Crippen LogP contribution in [0.2, 0.25) is 0 Å². The van der Waals surface area contributed by atoms with Crippen molar-refractivity contribution in [3.05, 3.63) is 115 Å². The largest absolute Gasteiger partial charge is 0.506 e. The van der Waals surface area contributed by atoms with E-state index in [0.29, 0.717) is 45.3 Å². The predicted molar refractivity (Wildman–Crippen MR) is 210 cm³/mol. The van der Waals surface area contributed by atoms with E-state index in [0.717, 1.165) is 63.7 Å². The summed E-state index contributed by atoms with van der Waals surface area (Å²) < 4.78 is 12.0. The number of ether oxygens (including phenoxy) is 2. The normalized spacial score (nSPS) is 16.4. The smallest absolute Gasteiger partial charge is 0.349 e. The number of phenolic OH excluding ortho intramolecular Hbond substituents is 1. The van der Waals surface area contributed by atoms with Gasteiger partial charge in [-0.15, -0.1) is 22.7 Å². The number of fused-ring (bicyclic) bond motifs is 1. The van der Waals surface area contributed by atoms with Crippen LogP contribution in [0.25, 0.3) is 10.9 Å². The molecule has 3 aromatic heterocycles. The monoisotopic (exact) mass is 776 g/mol. The number of unbranched alkanes of at least 4 members (excludes halogenated alkanes) is 1. The summed E-state index contributed by atoms with van der Waals surface area (Å²) in [7, 11) is 2.14. The number of nitrogens with zero attached hydrogens (tertiary/aromatic N) is 1. The lowest BCUT2D eigenvalue weighted by Crippen LogP contribution is -2.42. The van der Waals surface area contributed by atoms with Crippen LogP contribution in [-0.2, 0) is 26.3 Å². The Morgan fingerprint density at radius 1 is 0.963 bits per heavy atom. The van der Waals surface area contributed by atoms with Crippen molar-refractivity contribution < 1.29 is 39.5 Å². The number of pyridine rings is 1. The highest BCUT2D eigenvalue weighted by molar-refractivity contribution is 7.12. The zero-order valence-electron chi connectivity index (χ0n) is 30.3. The van der Waals surface area contributed by atoms with E-state index < -0.39 is 17.7 Å². The Labute approximate surface area is 322 Å². The molecule has 1 aliphatic rings. The Morgan fingerprint density at radius 3 is 2.26 bits per heavy atom. The van der Waals surface area contributed by atoms with E-state index in [2.05, 4.69) is 29.1 Å². The summed E-state index contributed by atoms with van der Waals surface area (Å²) in [5.74, 6) is 0.249. The van der Waals surface area contributed by atoms with Gasteiger partial charge in [0.05, 0.1) is 28.0 Å². The average Bonchev–Trinajstić information content (AvgIpc) is 3.93. The van der Waals surface area contributed by atoms with Crippen LogP contribution >= 0.6 is 22.7 Å².